The molecule has 4 heteroatoms. The predicted octanol–water partition coefficient (Wildman–Crippen LogP) is -0.556. The third-order valence-corrected chi connectivity index (χ3v) is 1.27. The first-order valence-corrected chi connectivity index (χ1v) is 3.23. The van der Waals surface area contributed by atoms with E-state index in [2.05, 4.69) is 0 Å². The van der Waals surface area contributed by atoms with E-state index in [0.29, 0.717) is 18.8 Å². The Kier molecular flexibility index (Phi) is 4.76. The summed E-state index contributed by atoms with van der Waals surface area (Å²) in [6.45, 7) is 2.57. The summed E-state index contributed by atoms with van der Waals surface area (Å²) in [7, 11) is -1.17. The Morgan fingerprint density at radius 2 is 2.11 bits per heavy atom. The molecule has 0 rings (SSSR count). The highest BCUT2D eigenvalue weighted by Gasteiger charge is 2.11. The van der Waals surface area contributed by atoms with Crippen LogP contribution in [0.1, 0.15) is 13.3 Å². The van der Waals surface area contributed by atoms with Gasteiger partial charge in [-0.25, -0.2) is 0 Å². The average Bonchev–Trinajstić information content (AvgIpc) is 1.63. The van der Waals surface area contributed by atoms with Crippen molar-refractivity contribution in [2.75, 3.05) is 6.54 Å². The molecular weight excluding hydrogens is 117 g/mol. The smallest absolute Gasteiger partial charge is 0.427 e. The summed E-state index contributed by atoms with van der Waals surface area (Å²) in [4.78, 5) is 0. The van der Waals surface area contributed by atoms with E-state index in [9.17, 15) is 0 Å². The maximum absolute atomic E-state index is 8.46. The lowest BCUT2D eigenvalue weighted by molar-refractivity contribution is 0.387. The lowest BCUT2D eigenvalue weighted by atomic mass is 9.78. The molecule has 1 unspecified atom stereocenters. The first-order valence-electron chi connectivity index (χ1n) is 3.23. The highest BCUT2D eigenvalue weighted by molar-refractivity contribution is 6.41. The molecule has 0 bridgehead atoms. The fourth-order valence-electron chi connectivity index (χ4n) is 0.762. The molecule has 0 aromatic heterocycles. The number of hydrogen-bond donors (Lipinski definition) is 3. The van der Waals surface area contributed by atoms with Crippen molar-refractivity contribution in [3.8, 4) is 0 Å². The second-order valence-corrected chi connectivity index (χ2v) is 2.40. The molecule has 0 spiro atoms. The zero-order valence-corrected chi connectivity index (χ0v) is 5.75. The summed E-state index contributed by atoms with van der Waals surface area (Å²) >= 11 is 0. The Labute approximate surface area is 56.0 Å². The summed E-state index contributed by atoms with van der Waals surface area (Å²) in [6.07, 6.45) is 1.29. The van der Waals surface area contributed by atoms with Crippen LogP contribution < -0.4 is 5.73 Å². The van der Waals surface area contributed by atoms with E-state index in [4.69, 9.17) is 15.8 Å². The molecule has 0 aliphatic heterocycles. The highest BCUT2D eigenvalue weighted by Crippen LogP contribution is 2.06. The van der Waals surface area contributed by atoms with Gasteiger partial charge in [0.25, 0.3) is 0 Å². The van der Waals surface area contributed by atoms with Crippen molar-refractivity contribution in [3.63, 3.8) is 0 Å². The largest absolute Gasteiger partial charge is 0.451 e. The van der Waals surface area contributed by atoms with E-state index in [1.807, 2.05) is 6.92 Å². The molecule has 0 aromatic rings. The topological polar surface area (TPSA) is 66.5 Å². The molecule has 0 fully saturated rings. The van der Waals surface area contributed by atoms with Crippen molar-refractivity contribution in [2.24, 2.45) is 11.7 Å². The first kappa shape index (κ1) is 8.94. The quantitative estimate of drug-likeness (QED) is 0.448. The molecular formula is C5H14BNO2. The van der Waals surface area contributed by atoms with Gasteiger partial charge in [-0.05, 0) is 25.2 Å². The van der Waals surface area contributed by atoms with E-state index in [1.165, 1.54) is 0 Å². The molecule has 0 aromatic carbocycles. The van der Waals surface area contributed by atoms with Crippen LogP contribution in [0.2, 0.25) is 6.32 Å². The van der Waals surface area contributed by atoms with Crippen LogP contribution in [0.15, 0.2) is 0 Å². The average molecular weight is 131 g/mol. The van der Waals surface area contributed by atoms with Crippen molar-refractivity contribution < 1.29 is 10.0 Å². The number of hydrogen-bond acceptors (Lipinski definition) is 3. The number of rotatable bonds is 4. The third-order valence-electron chi connectivity index (χ3n) is 1.27. The molecule has 3 nitrogen and oxygen atoms in total. The zero-order chi connectivity index (χ0) is 7.28. The summed E-state index contributed by atoms with van der Waals surface area (Å²) in [5.74, 6) is 0.315. The van der Waals surface area contributed by atoms with Crippen molar-refractivity contribution in [1.29, 1.82) is 0 Å². The normalized spacial score (nSPS) is 13.3. The van der Waals surface area contributed by atoms with Gasteiger partial charge >= 0.3 is 7.12 Å². The van der Waals surface area contributed by atoms with E-state index in [1.54, 1.807) is 0 Å². The van der Waals surface area contributed by atoms with Gasteiger partial charge in [0, 0.05) is 0 Å². The fourth-order valence-corrected chi connectivity index (χ4v) is 0.762. The molecule has 0 heterocycles. The molecule has 0 saturated carbocycles. The molecule has 0 amide bonds. The summed E-state index contributed by atoms with van der Waals surface area (Å²) in [5.41, 5.74) is 5.24. The maximum atomic E-state index is 8.46. The van der Waals surface area contributed by atoms with Gasteiger partial charge < -0.3 is 15.8 Å². The van der Waals surface area contributed by atoms with Crippen molar-refractivity contribution in [2.45, 2.75) is 19.7 Å². The van der Waals surface area contributed by atoms with Crippen molar-refractivity contribution >= 4 is 7.12 Å². The Morgan fingerprint density at radius 1 is 1.56 bits per heavy atom. The fraction of sp³-hybridized carbons (Fsp3) is 1.00. The number of nitrogens with two attached hydrogens (primary N) is 1. The van der Waals surface area contributed by atoms with Gasteiger partial charge in [0.15, 0.2) is 0 Å². The second kappa shape index (κ2) is 4.79. The van der Waals surface area contributed by atoms with Gasteiger partial charge in [-0.2, -0.15) is 0 Å². The van der Waals surface area contributed by atoms with Gasteiger partial charge in [-0.3, -0.25) is 0 Å². The minimum atomic E-state index is -1.17. The van der Waals surface area contributed by atoms with Gasteiger partial charge in [0.1, 0.15) is 0 Å². The summed E-state index contributed by atoms with van der Waals surface area (Å²) < 4.78 is 0. The van der Waals surface area contributed by atoms with Crippen molar-refractivity contribution in [3.05, 3.63) is 0 Å². The van der Waals surface area contributed by atoms with Gasteiger partial charge in [0.2, 0.25) is 0 Å². The van der Waals surface area contributed by atoms with Gasteiger partial charge in [-0.1, -0.05) is 6.92 Å². The van der Waals surface area contributed by atoms with Gasteiger partial charge in [-0.15, -0.1) is 0 Å². The van der Waals surface area contributed by atoms with E-state index in [0.717, 1.165) is 6.42 Å². The molecule has 1 atom stereocenters. The highest BCUT2D eigenvalue weighted by atomic mass is 16.4. The van der Waals surface area contributed by atoms with Crippen LogP contribution in [-0.2, 0) is 0 Å². The Morgan fingerprint density at radius 3 is 2.44 bits per heavy atom. The molecule has 0 saturated heterocycles. The standard InChI is InChI=1S/C5H14BNO2/c1-5(2-3-7)4-6(8)9/h5,8-9H,2-4,7H2,1H3. The van der Waals surface area contributed by atoms with E-state index < -0.39 is 7.12 Å². The Bertz CT molecular complexity index is 70.0. The molecule has 54 valence electrons. The minimum absolute atomic E-state index is 0.315. The van der Waals surface area contributed by atoms with Crippen LogP contribution in [0, 0.1) is 5.92 Å². The van der Waals surface area contributed by atoms with Crippen LogP contribution in [0.4, 0.5) is 0 Å². The summed E-state index contributed by atoms with van der Waals surface area (Å²) in [5, 5.41) is 16.9. The molecule has 9 heavy (non-hydrogen) atoms. The molecule has 0 radical (unpaired) electrons. The maximum Gasteiger partial charge on any atom is 0.451 e. The molecule has 4 N–H and O–H groups in total. The van der Waals surface area contributed by atoms with Crippen LogP contribution in [0.5, 0.6) is 0 Å². The first-order chi connectivity index (χ1) is 4.16. The minimum Gasteiger partial charge on any atom is -0.427 e. The van der Waals surface area contributed by atoms with Crippen LogP contribution in [0.3, 0.4) is 0 Å². The van der Waals surface area contributed by atoms with E-state index in [-0.39, 0.29) is 0 Å². The SMILES string of the molecule is CC(CCN)CB(O)O. The van der Waals surface area contributed by atoms with E-state index >= 15 is 0 Å². The Balaban J connectivity index is 3.15. The monoisotopic (exact) mass is 131 g/mol. The zero-order valence-electron chi connectivity index (χ0n) is 5.75. The molecule has 0 aliphatic rings. The van der Waals surface area contributed by atoms with Crippen molar-refractivity contribution in [1.82, 2.24) is 0 Å². The molecule has 0 aliphatic carbocycles. The van der Waals surface area contributed by atoms with Crippen LogP contribution in [-0.4, -0.2) is 23.7 Å². The second-order valence-electron chi connectivity index (χ2n) is 2.40. The third kappa shape index (κ3) is 5.82. The van der Waals surface area contributed by atoms with Crippen LogP contribution >= 0.6 is 0 Å². The summed E-state index contributed by atoms with van der Waals surface area (Å²) in [6, 6.07) is 0. The predicted molar refractivity (Wildman–Crippen MR) is 37.8 cm³/mol. The van der Waals surface area contributed by atoms with Gasteiger partial charge in [0.05, 0.1) is 0 Å². The van der Waals surface area contributed by atoms with Crippen LogP contribution in [0.25, 0.3) is 0 Å². The lowest BCUT2D eigenvalue weighted by Crippen LogP contribution is -2.16. The lowest BCUT2D eigenvalue weighted by Gasteiger charge is -2.06. The Hall–Kier alpha value is -0.0551.